The van der Waals surface area contributed by atoms with Crippen LogP contribution in [0.3, 0.4) is 0 Å². The van der Waals surface area contributed by atoms with Crippen LogP contribution in [-0.4, -0.2) is 65.9 Å². The number of hydrogen-bond acceptors (Lipinski definition) is 3. The van der Waals surface area contributed by atoms with Gasteiger partial charge in [0.2, 0.25) is 5.91 Å². The average Bonchev–Trinajstić information content (AvgIpc) is 2.70. The number of likely N-dealkylation sites (tertiary alicyclic amines) is 2. The fourth-order valence-electron chi connectivity index (χ4n) is 4.60. The summed E-state index contributed by atoms with van der Waals surface area (Å²) in [4.78, 5) is 19.6. The minimum absolute atomic E-state index is 0.242. The molecule has 2 fully saturated rings. The van der Waals surface area contributed by atoms with Crippen molar-refractivity contribution >= 4 is 5.91 Å². The van der Waals surface area contributed by atoms with Gasteiger partial charge in [-0.3, -0.25) is 9.69 Å². The molecule has 4 heteroatoms. The molecule has 0 bridgehead atoms. The highest BCUT2D eigenvalue weighted by atomic mass is 16.2. The zero-order valence-electron chi connectivity index (χ0n) is 17.3. The molecule has 1 amide bonds. The molecular weight excluding hydrogens is 334 g/mol. The molecule has 1 aromatic rings. The fourth-order valence-corrected chi connectivity index (χ4v) is 4.60. The first kappa shape index (κ1) is 20.3. The quantitative estimate of drug-likeness (QED) is 0.733. The van der Waals surface area contributed by atoms with Crippen molar-refractivity contribution in [3.05, 3.63) is 35.4 Å². The Bertz CT molecular complexity index is 580. The maximum Gasteiger partial charge on any atom is 0.219 e. The van der Waals surface area contributed by atoms with E-state index in [0.717, 1.165) is 45.6 Å². The second-order valence-corrected chi connectivity index (χ2v) is 8.32. The number of carbonyl (C=O) groups excluding carboxylic acids is 1. The molecule has 1 atom stereocenters. The van der Waals surface area contributed by atoms with Gasteiger partial charge in [-0.1, -0.05) is 37.6 Å². The van der Waals surface area contributed by atoms with Crippen LogP contribution in [0, 0.1) is 0 Å². The normalized spacial score (nSPS) is 21.9. The smallest absolute Gasteiger partial charge is 0.219 e. The Morgan fingerprint density at radius 2 is 1.67 bits per heavy atom. The highest BCUT2D eigenvalue weighted by molar-refractivity contribution is 5.73. The fraction of sp³-hybridized carbons (Fsp3) is 0.696. The molecule has 2 heterocycles. The number of aryl methyl sites for hydroxylation is 1. The summed E-state index contributed by atoms with van der Waals surface area (Å²) in [5.74, 6) is 0.242. The van der Waals surface area contributed by atoms with Crippen LogP contribution in [0.2, 0.25) is 0 Å². The van der Waals surface area contributed by atoms with E-state index < -0.39 is 0 Å². The van der Waals surface area contributed by atoms with E-state index in [4.69, 9.17) is 0 Å². The van der Waals surface area contributed by atoms with Gasteiger partial charge in [0.25, 0.3) is 0 Å². The monoisotopic (exact) mass is 371 g/mol. The van der Waals surface area contributed by atoms with Crippen molar-refractivity contribution in [3.63, 3.8) is 0 Å². The van der Waals surface area contributed by atoms with Gasteiger partial charge in [-0.2, -0.15) is 0 Å². The molecule has 27 heavy (non-hydrogen) atoms. The molecule has 1 aromatic carbocycles. The standard InChI is InChI=1S/C23H37N3O/c1-3-21-9-11-22(12-10-21)18-25-15-7-8-23(19-25)26(20(2)27)17-16-24-13-5-4-6-14-24/h9-12,23H,3-8,13-19H2,1-2H3. The van der Waals surface area contributed by atoms with Gasteiger partial charge in [-0.05, 0) is 62.9 Å². The molecule has 0 N–H and O–H groups in total. The zero-order chi connectivity index (χ0) is 19.1. The summed E-state index contributed by atoms with van der Waals surface area (Å²) in [6.07, 6.45) is 7.42. The lowest BCUT2D eigenvalue weighted by molar-refractivity contribution is -0.132. The summed E-state index contributed by atoms with van der Waals surface area (Å²) in [7, 11) is 0. The Kier molecular flexibility index (Phi) is 7.71. The molecule has 0 saturated carbocycles. The topological polar surface area (TPSA) is 26.8 Å². The molecule has 150 valence electrons. The summed E-state index contributed by atoms with van der Waals surface area (Å²) in [6, 6.07) is 9.40. The van der Waals surface area contributed by atoms with Crippen molar-refractivity contribution in [2.45, 2.75) is 65.0 Å². The number of rotatable bonds is 7. The molecule has 3 rings (SSSR count). The predicted molar refractivity (Wildman–Crippen MR) is 112 cm³/mol. The third-order valence-electron chi connectivity index (χ3n) is 6.27. The minimum Gasteiger partial charge on any atom is -0.337 e. The second-order valence-electron chi connectivity index (χ2n) is 8.32. The Hall–Kier alpha value is -1.39. The molecule has 0 spiro atoms. The largest absolute Gasteiger partial charge is 0.337 e. The van der Waals surface area contributed by atoms with Crippen LogP contribution in [0.1, 0.15) is 57.1 Å². The van der Waals surface area contributed by atoms with Crippen LogP contribution in [0.25, 0.3) is 0 Å². The molecule has 0 aliphatic carbocycles. The lowest BCUT2D eigenvalue weighted by Crippen LogP contribution is -2.51. The van der Waals surface area contributed by atoms with Crippen LogP contribution in [-0.2, 0) is 17.8 Å². The highest BCUT2D eigenvalue weighted by Gasteiger charge is 2.27. The lowest BCUT2D eigenvalue weighted by Gasteiger charge is -2.40. The van der Waals surface area contributed by atoms with Crippen molar-refractivity contribution in [1.29, 1.82) is 0 Å². The maximum atomic E-state index is 12.3. The number of benzene rings is 1. The number of hydrogen-bond donors (Lipinski definition) is 0. The van der Waals surface area contributed by atoms with E-state index in [9.17, 15) is 4.79 Å². The number of amides is 1. The van der Waals surface area contributed by atoms with E-state index in [0.29, 0.717) is 6.04 Å². The third-order valence-corrected chi connectivity index (χ3v) is 6.27. The van der Waals surface area contributed by atoms with Crippen LogP contribution in [0.15, 0.2) is 24.3 Å². The summed E-state index contributed by atoms with van der Waals surface area (Å²) in [5.41, 5.74) is 2.78. The molecule has 1 unspecified atom stereocenters. The Labute approximate surface area is 165 Å². The van der Waals surface area contributed by atoms with Gasteiger partial charge >= 0.3 is 0 Å². The van der Waals surface area contributed by atoms with E-state index >= 15 is 0 Å². The van der Waals surface area contributed by atoms with Gasteiger partial charge in [0.15, 0.2) is 0 Å². The van der Waals surface area contributed by atoms with Crippen molar-refractivity contribution in [2.24, 2.45) is 0 Å². The van der Waals surface area contributed by atoms with Gasteiger partial charge in [-0.25, -0.2) is 0 Å². The molecule has 0 radical (unpaired) electrons. The third kappa shape index (κ3) is 6.05. The second kappa shape index (κ2) is 10.2. The molecule has 2 saturated heterocycles. The van der Waals surface area contributed by atoms with Crippen LogP contribution in [0.4, 0.5) is 0 Å². The Balaban J connectivity index is 1.54. The van der Waals surface area contributed by atoms with Crippen molar-refractivity contribution < 1.29 is 4.79 Å². The molecule has 2 aliphatic rings. The van der Waals surface area contributed by atoms with E-state index in [1.54, 1.807) is 6.92 Å². The zero-order valence-corrected chi connectivity index (χ0v) is 17.3. The summed E-state index contributed by atoms with van der Waals surface area (Å²) >= 11 is 0. The van der Waals surface area contributed by atoms with Gasteiger partial charge in [-0.15, -0.1) is 0 Å². The SMILES string of the molecule is CCc1ccc(CN2CCCC(N(CCN3CCCCC3)C(C)=O)C2)cc1. The predicted octanol–water partition coefficient (Wildman–Crippen LogP) is 3.55. The van der Waals surface area contributed by atoms with Gasteiger partial charge < -0.3 is 9.80 Å². The summed E-state index contributed by atoms with van der Waals surface area (Å²) in [5, 5.41) is 0. The first-order chi connectivity index (χ1) is 13.2. The average molecular weight is 372 g/mol. The lowest BCUT2D eigenvalue weighted by atomic mass is 10.0. The van der Waals surface area contributed by atoms with E-state index in [1.165, 1.54) is 49.9 Å². The van der Waals surface area contributed by atoms with Crippen molar-refractivity contribution in [3.8, 4) is 0 Å². The van der Waals surface area contributed by atoms with Crippen LogP contribution >= 0.6 is 0 Å². The number of nitrogens with zero attached hydrogens (tertiary/aromatic N) is 3. The van der Waals surface area contributed by atoms with Crippen LogP contribution in [0.5, 0.6) is 0 Å². The van der Waals surface area contributed by atoms with E-state index in [1.807, 2.05) is 0 Å². The number of carbonyl (C=O) groups is 1. The summed E-state index contributed by atoms with van der Waals surface area (Å²) in [6.45, 7) is 11.4. The molecule has 2 aliphatic heterocycles. The van der Waals surface area contributed by atoms with E-state index in [-0.39, 0.29) is 5.91 Å². The Morgan fingerprint density at radius 3 is 2.33 bits per heavy atom. The first-order valence-electron chi connectivity index (χ1n) is 11.0. The molecular formula is C23H37N3O. The van der Waals surface area contributed by atoms with Crippen molar-refractivity contribution in [2.75, 3.05) is 39.3 Å². The van der Waals surface area contributed by atoms with Crippen molar-refractivity contribution in [1.82, 2.24) is 14.7 Å². The summed E-state index contributed by atoms with van der Waals surface area (Å²) < 4.78 is 0. The molecule has 4 nitrogen and oxygen atoms in total. The van der Waals surface area contributed by atoms with Gasteiger partial charge in [0.1, 0.15) is 0 Å². The minimum atomic E-state index is 0.242. The maximum absolute atomic E-state index is 12.3. The highest BCUT2D eigenvalue weighted by Crippen LogP contribution is 2.19. The number of piperidine rings is 2. The van der Waals surface area contributed by atoms with Gasteiger partial charge in [0, 0.05) is 39.1 Å². The first-order valence-corrected chi connectivity index (χ1v) is 11.0. The van der Waals surface area contributed by atoms with Crippen LogP contribution < -0.4 is 0 Å². The van der Waals surface area contributed by atoms with E-state index in [2.05, 4.69) is 45.9 Å². The Morgan fingerprint density at radius 1 is 1.00 bits per heavy atom. The molecule has 0 aromatic heterocycles. The van der Waals surface area contributed by atoms with Gasteiger partial charge in [0.05, 0.1) is 0 Å².